The van der Waals surface area contributed by atoms with Crippen molar-refractivity contribution in [3.8, 4) is 0 Å². The van der Waals surface area contributed by atoms with Crippen molar-refractivity contribution in [1.29, 1.82) is 0 Å². The van der Waals surface area contributed by atoms with E-state index in [1.807, 2.05) is 41.3 Å². The second kappa shape index (κ2) is 13.0. The highest BCUT2D eigenvalue weighted by Gasteiger charge is 2.37. The van der Waals surface area contributed by atoms with Crippen molar-refractivity contribution >= 4 is 17.8 Å². The summed E-state index contributed by atoms with van der Waals surface area (Å²) in [6, 6.07) is 9.77. The number of hydrogen-bond donors (Lipinski definition) is 1. The summed E-state index contributed by atoms with van der Waals surface area (Å²) in [6.45, 7) is 1.46. The Kier molecular flexibility index (Phi) is 9.56. The fourth-order valence-corrected chi connectivity index (χ4v) is 5.85. The van der Waals surface area contributed by atoms with Crippen molar-refractivity contribution in [3.05, 3.63) is 48.0 Å². The summed E-state index contributed by atoms with van der Waals surface area (Å²) in [5, 5.41) is 9.63. The summed E-state index contributed by atoms with van der Waals surface area (Å²) in [7, 11) is 0. The first-order chi connectivity index (χ1) is 17.6. The summed E-state index contributed by atoms with van der Waals surface area (Å²) in [5.41, 5.74) is 1.13. The van der Waals surface area contributed by atoms with Crippen molar-refractivity contribution < 1.29 is 24.2 Å². The van der Waals surface area contributed by atoms with E-state index in [0.29, 0.717) is 25.9 Å². The summed E-state index contributed by atoms with van der Waals surface area (Å²) in [4.78, 5) is 43.3. The van der Waals surface area contributed by atoms with E-state index < -0.39 is 5.92 Å². The third-order valence-electron chi connectivity index (χ3n) is 7.93. The van der Waals surface area contributed by atoms with E-state index in [1.165, 1.54) is 0 Å². The van der Waals surface area contributed by atoms with Gasteiger partial charge >= 0.3 is 5.97 Å². The zero-order chi connectivity index (χ0) is 25.3. The van der Waals surface area contributed by atoms with Gasteiger partial charge in [0.1, 0.15) is 6.61 Å². The van der Waals surface area contributed by atoms with E-state index in [0.717, 1.165) is 50.5 Å². The first-order valence-electron chi connectivity index (χ1n) is 13.6. The standard InChI is InChI=1S/C29H40N2O5/c32-20-25-14-8-16-30(25)27(33)19-23-12-6-1-2-7-13-24(18-22-10-4-3-5-11-22)29(35)36-21-26-15-9-17-31(26)28(23)34/h1,3-6,10-11,23-26,32H,2,7-9,12-21H2/t23-,24-,25+,26+/m1/s1. The van der Waals surface area contributed by atoms with Crippen LogP contribution in [0.15, 0.2) is 42.5 Å². The number of nitrogens with zero attached hydrogens (tertiary/aromatic N) is 2. The number of esters is 1. The van der Waals surface area contributed by atoms with Crippen LogP contribution in [0.1, 0.15) is 63.4 Å². The highest BCUT2D eigenvalue weighted by Crippen LogP contribution is 2.27. The first kappa shape index (κ1) is 26.4. The van der Waals surface area contributed by atoms with E-state index >= 15 is 0 Å². The van der Waals surface area contributed by atoms with Crippen LogP contribution in [0.5, 0.6) is 0 Å². The number of allylic oxidation sites excluding steroid dienone is 2. The Bertz CT molecular complexity index is 917. The maximum Gasteiger partial charge on any atom is 0.309 e. The molecule has 2 saturated heterocycles. The van der Waals surface area contributed by atoms with Crippen LogP contribution in [0.3, 0.4) is 0 Å². The monoisotopic (exact) mass is 496 g/mol. The highest BCUT2D eigenvalue weighted by molar-refractivity contribution is 5.86. The predicted octanol–water partition coefficient (Wildman–Crippen LogP) is 3.50. The molecule has 4 atom stereocenters. The maximum atomic E-state index is 13.6. The van der Waals surface area contributed by atoms with Gasteiger partial charge in [0.05, 0.1) is 30.5 Å². The van der Waals surface area contributed by atoms with E-state index in [9.17, 15) is 19.5 Å². The molecule has 0 saturated carbocycles. The zero-order valence-electron chi connectivity index (χ0n) is 21.2. The number of likely N-dealkylation sites (tertiary alicyclic amines) is 1. The second-order valence-corrected chi connectivity index (χ2v) is 10.4. The molecule has 0 aromatic heterocycles. The van der Waals surface area contributed by atoms with Crippen LogP contribution >= 0.6 is 0 Å². The minimum absolute atomic E-state index is 0.0239. The zero-order valence-corrected chi connectivity index (χ0v) is 21.2. The number of aliphatic hydroxyl groups excluding tert-OH is 1. The molecular formula is C29H40N2O5. The Balaban J connectivity index is 1.45. The summed E-state index contributed by atoms with van der Waals surface area (Å²) >= 11 is 0. The molecule has 1 aromatic carbocycles. The normalized spacial score (nSPS) is 28.0. The fraction of sp³-hybridized carbons (Fsp3) is 0.621. The van der Waals surface area contributed by atoms with Crippen LogP contribution in [0.2, 0.25) is 0 Å². The van der Waals surface area contributed by atoms with Crippen molar-refractivity contribution in [2.75, 3.05) is 26.3 Å². The molecule has 0 spiro atoms. The van der Waals surface area contributed by atoms with Crippen LogP contribution in [0, 0.1) is 11.8 Å². The van der Waals surface area contributed by atoms with Crippen LogP contribution in [-0.2, 0) is 25.5 Å². The van der Waals surface area contributed by atoms with Gasteiger partial charge in [-0.3, -0.25) is 14.4 Å². The van der Waals surface area contributed by atoms with E-state index in [1.54, 1.807) is 4.90 Å². The lowest BCUT2D eigenvalue weighted by molar-refractivity contribution is -0.153. The number of rotatable bonds is 5. The summed E-state index contributed by atoms with van der Waals surface area (Å²) in [5.74, 6) is -0.886. The topological polar surface area (TPSA) is 87.2 Å². The first-order valence-corrected chi connectivity index (χ1v) is 13.6. The highest BCUT2D eigenvalue weighted by atomic mass is 16.5. The molecule has 1 N–H and O–H groups in total. The number of carbonyl (C=O) groups is 3. The Hall–Kier alpha value is -2.67. The summed E-state index contributed by atoms with van der Waals surface area (Å²) < 4.78 is 5.81. The number of fused-ring (bicyclic) bond motifs is 1. The van der Waals surface area contributed by atoms with E-state index in [2.05, 4.69) is 6.08 Å². The molecule has 2 amide bonds. The Morgan fingerprint density at radius 1 is 0.972 bits per heavy atom. The molecule has 3 aliphatic heterocycles. The van der Waals surface area contributed by atoms with Gasteiger partial charge < -0.3 is 19.6 Å². The second-order valence-electron chi connectivity index (χ2n) is 10.4. The molecule has 7 nitrogen and oxygen atoms in total. The SMILES string of the molecule is O=C1OC[C@@H]2CCCN2C(=O)[C@@H](CC(=O)N2CCC[C@H]2CO)CC=CCCC[C@@H]1Cc1ccccc1. The van der Waals surface area contributed by atoms with E-state index in [-0.39, 0.29) is 55.4 Å². The summed E-state index contributed by atoms with van der Waals surface area (Å²) in [6.07, 6.45) is 11.3. The average Bonchev–Trinajstić information content (AvgIpc) is 3.57. The van der Waals surface area contributed by atoms with Gasteiger partial charge in [0.25, 0.3) is 0 Å². The minimum Gasteiger partial charge on any atom is -0.463 e. The van der Waals surface area contributed by atoms with Crippen LogP contribution in [-0.4, -0.2) is 71.1 Å². The van der Waals surface area contributed by atoms with Crippen molar-refractivity contribution in [2.45, 2.75) is 76.3 Å². The third kappa shape index (κ3) is 6.75. The predicted molar refractivity (Wildman–Crippen MR) is 137 cm³/mol. The molecule has 0 radical (unpaired) electrons. The lowest BCUT2D eigenvalue weighted by Gasteiger charge is -2.30. The number of hydrogen-bond acceptors (Lipinski definition) is 5. The number of aliphatic hydroxyl groups is 1. The molecule has 1 aromatic rings. The van der Waals surface area contributed by atoms with Gasteiger partial charge in [-0.1, -0.05) is 42.5 Å². The van der Waals surface area contributed by atoms with Crippen LogP contribution in [0.25, 0.3) is 0 Å². The largest absolute Gasteiger partial charge is 0.463 e. The van der Waals surface area contributed by atoms with E-state index in [4.69, 9.17) is 4.74 Å². The number of ether oxygens (including phenoxy) is 1. The smallest absolute Gasteiger partial charge is 0.309 e. The Morgan fingerprint density at radius 3 is 2.58 bits per heavy atom. The Labute approximate surface area is 214 Å². The average molecular weight is 497 g/mol. The molecule has 36 heavy (non-hydrogen) atoms. The molecule has 3 aliphatic rings. The van der Waals surface area contributed by atoms with Gasteiger partial charge in [-0.25, -0.2) is 0 Å². The molecule has 0 bridgehead atoms. The van der Waals surface area contributed by atoms with Gasteiger partial charge in [-0.15, -0.1) is 0 Å². The number of amides is 2. The van der Waals surface area contributed by atoms with Crippen molar-refractivity contribution in [2.24, 2.45) is 11.8 Å². The van der Waals surface area contributed by atoms with Crippen molar-refractivity contribution in [1.82, 2.24) is 9.80 Å². The third-order valence-corrected chi connectivity index (χ3v) is 7.93. The van der Waals surface area contributed by atoms with Crippen LogP contribution in [0.4, 0.5) is 0 Å². The van der Waals surface area contributed by atoms with Gasteiger partial charge in [-0.2, -0.15) is 0 Å². The molecule has 2 fully saturated rings. The molecular weight excluding hydrogens is 456 g/mol. The van der Waals surface area contributed by atoms with Crippen molar-refractivity contribution in [3.63, 3.8) is 0 Å². The van der Waals surface area contributed by atoms with Gasteiger partial charge in [-0.05, 0) is 63.4 Å². The van der Waals surface area contributed by atoms with Gasteiger partial charge in [0.15, 0.2) is 0 Å². The Morgan fingerprint density at radius 2 is 1.78 bits per heavy atom. The lowest BCUT2D eigenvalue weighted by Crippen LogP contribution is -2.45. The number of cyclic esters (lactones) is 1. The molecule has 7 heteroatoms. The number of benzene rings is 1. The quantitative estimate of drug-likeness (QED) is 0.498. The molecule has 196 valence electrons. The van der Waals surface area contributed by atoms with Gasteiger partial charge in [0.2, 0.25) is 11.8 Å². The lowest BCUT2D eigenvalue weighted by atomic mass is 9.93. The molecule has 0 aliphatic carbocycles. The van der Waals surface area contributed by atoms with Crippen LogP contribution < -0.4 is 0 Å². The fourth-order valence-electron chi connectivity index (χ4n) is 5.85. The number of carbonyl (C=O) groups excluding carboxylic acids is 3. The molecule has 4 rings (SSSR count). The molecule has 0 unspecified atom stereocenters. The minimum atomic E-state index is -0.432. The maximum absolute atomic E-state index is 13.6. The van der Waals surface area contributed by atoms with Gasteiger partial charge in [0, 0.05) is 19.5 Å². The molecule has 3 heterocycles.